The van der Waals surface area contributed by atoms with Gasteiger partial charge in [0.25, 0.3) is 0 Å². The largest absolute Gasteiger partial charge is 0.480 e. The number of hydrogen-bond donors (Lipinski definition) is 3. The van der Waals surface area contributed by atoms with Crippen molar-refractivity contribution in [3.63, 3.8) is 0 Å². The lowest BCUT2D eigenvalue weighted by atomic mass is 10.1. The summed E-state index contributed by atoms with van der Waals surface area (Å²) in [6.45, 7) is 4.79. The van der Waals surface area contributed by atoms with Gasteiger partial charge in [-0.2, -0.15) is 0 Å². The molecular weight excluding hydrogens is 697 g/mol. The molecule has 320 valence electrons. The summed E-state index contributed by atoms with van der Waals surface area (Å²) < 4.78 is 5.88. The molecule has 2 atom stereocenters. The van der Waals surface area contributed by atoms with Gasteiger partial charge in [-0.15, -0.1) is 0 Å². The molecule has 0 aromatic heterocycles. The number of rotatable bonds is 40. The van der Waals surface area contributed by atoms with Crippen LogP contribution in [0.3, 0.4) is 0 Å². The molecule has 0 bridgehead atoms. The lowest BCUT2D eigenvalue weighted by Gasteiger charge is -2.16. The molecule has 0 fully saturated rings. The second-order valence-corrected chi connectivity index (χ2v) is 15.1. The van der Waals surface area contributed by atoms with Gasteiger partial charge >= 0.3 is 11.9 Å². The van der Waals surface area contributed by atoms with Crippen molar-refractivity contribution in [2.24, 2.45) is 5.73 Å². The smallest absolute Gasteiger partial charge is 0.326 e. The van der Waals surface area contributed by atoms with Crippen LogP contribution in [0.4, 0.5) is 0 Å². The van der Waals surface area contributed by atoms with E-state index in [4.69, 9.17) is 10.5 Å². The Kier molecular flexibility index (Phi) is 40.5. The third-order valence-electron chi connectivity index (χ3n) is 9.74. The predicted octanol–water partition coefficient (Wildman–Crippen LogP) is 13.1. The number of allylic oxidation sites excluding steroid dienone is 11. The minimum Gasteiger partial charge on any atom is -0.480 e. The van der Waals surface area contributed by atoms with Crippen LogP contribution in [0.5, 0.6) is 0 Å². The average molecular weight is 781 g/mol. The molecule has 0 aromatic rings. The van der Waals surface area contributed by atoms with E-state index in [-0.39, 0.29) is 24.4 Å². The minimum absolute atomic E-state index is 0.168. The molecule has 7 nitrogen and oxygen atoms in total. The highest BCUT2D eigenvalue weighted by atomic mass is 16.5. The summed E-state index contributed by atoms with van der Waals surface area (Å²) in [4.78, 5) is 36.6. The highest BCUT2D eigenvalue weighted by molar-refractivity contribution is 5.83. The quantitative estimate of drug-likeness (QED) is 0.0324. The molecule has 0 aromatic carbocycles. The van der Waals surface area contributed by atoms with E-state index in [1.54, 1.807) is 0 Å². The third-order valence-corrected chi connectivity index (χ3v) is 9.74. The lowest BCUT2D eigenvalue weighted by molar-refractivity contribution is -0.147. The van der Waals surface area contributed by atoms with Gasteiger partial charge in [-0.3, -0.25) is 9.59 Å². The number of aliphatic carboxylic acids is 1. The van der Waals surface area contributed by atoms with Gasteiger partial charge in [0.2, 0.25) is 5.91 Å². The van der Waals surface area contributed by atoms with Crippen LogP contribution in [0.1, 0.15) is 200 Å². The van der Waals surface area contributed by atoms with Gasteiger partial charge in [0.05, 0.1) is 0 Å². The normalized spacial score (nSPS) is 13.3. The molecule has 0 rings (SSSR count). The summed E-state index contributed by atoms with van der Waals surface area (Å²) >= 11 is 0. The summed E-state index contributed by atoms with van der Waals surface area (Å²) in [6, 6.07) is -0.914. The standard InChI is InChI=1S/C49H84N2O5/c1-3-5-7-9-11-13-15-17-19-20-21-22-23-25-27-29-31-33-35-43-48(53)56-45(40-36-37-42-47(52)51-46(49(54)55)41-38-44-50)39-34-32-30-28-26-24-18-16-14-12-10-8-6-4-2/h6,8,12,14,17-19,24,28,30,34,39,45-46H,3-5,7,9-11,13,15-16,20-23,25-27,29,31-33,35-38,40-44,50H2,1-2H3,(H,51,52)(H,54,55)/b8-6-,14-12-,19-17-,24-18-,30-28-,39-34-. The number of amides is 1. The monoisotopic (exact) mass is 781 g/mol. The van der Waals surface area contributed by atoms with E-state index >= 15 is 0 Å². The highest BCUT2D eigenvalue weighted by Gasteiger charge is 2.19. The van der Waals surface area contributed by atoms with Crippen molar-refractivity contribution in [3.05, 3.63) is 72.9 Å². The van der Waals surface area contributed by atoms with Crippen LogP contribution in [-0.4, -0.2) is 41.6 Å². The molecule has 1 amide bonds. The summed E-state index contributed by atoms with van der Waals surface area (Å²) in [5.74, 6) is -1.49. The highest BCUT2D eigenvalue weighted by Crippen LogP contribution is 2.15. The van der Waals surface area contributed by atoms with Crippen molar-refractivity contribution < 1.29 is 24.2 Å². The number of ether oxygens (including phenoxy) is 1. The molecule has 2 unspecified atom stereocenters. The zero-order valence-corrected chi connectivity index (χ0v) is 36.0. The maximum atomic E-state index is 12.8. The SMILES string of the molecule is CC/C=C\C/C=C\C/C=C\C/C=C\C/C=C\C(CCCCC(=O)NC(CCCN)C(=O)O)OC(=O)CCCCCCCCCCC/C=C\CCCCCCCC. The van der Waals surface area contributed by atoms with Crippen LogP contribution in [0, 0.1) is 0 Å². The lowest BCUT2D eigenvalue weighted by Crippen LogP contribution is -2.40. The number of carbonyl (C=O) groups excluding carboxylic acids is 2. The molecule has 7 heteroatoms. The maximum absolute atomic E-state index is 12.8. The first-order valence-corrected chi connectivity index (χ1v) is 22.8. The van der Waals surface area contributed by atoms with E-state index in [1.165, 1.54) is 89.9 Å². The molecule has 0 saturated heterocycles. The third kappa shape index (κ3) is 39.1. The van der Waals surface area contributed by atoms with Crippen LogP contribution in [0.15, 0.2) is 72.9 Å². The number of esters is 1. The first-order chi connectivity index (χ1) is 27.4. The Morgan fingerprint density at radius 3 is 1.55 bits per heavy atom. The van der Waals surface area contributed by atoms with Crippen molar-refractivity contribution in [2.45, 2.75) is 212 Å². The Hall–Kier alpha value is -3.19. The van der Waals surface area contributed by atoms with E-state index in [2.05, 4.69) is 79.9 Å². The van der Waals surface area contributed by atoms with Crippen LogP contribution in [0.25, 0.3) is 0 Å². The number of carbonyl (C=O) groups is 3. The van der Waals surface area contributed by atoms with Crippen LogP contribution >= 0.6 is 0 Å². The Labute approximate surface area is 343 Å². The molecule has 0 aliphatic heterocycles. The molecule has 0 saturated carbocycles. The summed E-state index contributed by atoms with van der Waals surface area (Å²) in [5, 5.41) is 12.0. The Morgan fingerprint density at radius 1 is 0.554 bits per heavy atom. The summed E-state index contributed by atoms with van der Waals surface area (Å²) in [6.07, 6.45) is 55.3. The second kappa shape index (κ2) is 42.9. The van der Waals surface area contributed by atoms with Crippen LogP contribution in [-0.2, 0) is 19.1 Å². The van der Waals surface area contributed by atoms with Crippen LogP contribution in [0.2, 0.25) is 0 Å². The van der Waals surface area contributed by atoms with Crippen molar-refractivity contribution in [1.82, 2.24) is 5.32 Å². The number of nitrogens with one attached hydrogen (secondary N) is 1. The second-order valence-electron chi connectivity index (χ2n) is 15.1. The minimum atomic E-state index is -1.04. The fourth-order valence-corrected chi connectivity index (χ4v) is 6.33. The van der Waals surface area contributed by atoms with Crippen molar-refractivity contribution in [2.75, 3.05) is 6.54 Å². The Bertz CT molecular complexity index is 1110. The first kappa shape index (κ1) is 52.8. The summed E-state index contributed by atoms with van der Waals surface area (Å²) in [5.41, 5.74) is 5.50. The molecular formula is C49H84N2O5. The molecule has 0 radical (unpaired) electrons. The van der Waals surface area contributed by atoms with E-state index in [9.17, 15) is 19.5 Å². The zero-order valence-electron chi connectivity index (χ0n) is 36.0. The van der Waals surface area contributed by atoms with E-state index < -0.39 is 12.0 Å². The van der Waals surface area contributed by atoms with E-state index in [0.29, 0.717) is 45.1 Å². The van der Waals surface area contributed by atoms with Crippen LogP contribution < -0.4 is 11.1 Å². The van der Waals surface area contributed by atoms with Gasteiger partial charge in [0, 0.05) is 12.8 Å². The van der Waals surface area contributed by atoms with E-state index in [0.717, 1.165) is 51.4 Å². The van der Waals surface area contributed by atoms with Gasteiger partial charge in [0.1, 0.15) is 12.1 Å². The van der Waals surface area contributed by atoms with Gasteiger partial charge in [0.15, 0.2) is 0 Å². The van der Waals surface area contributed by atoms with Crippen molar-refractivity contribution in [1.29, 1.82) is 0 Å². The van der Waals surface area contributed by atoms with Crippen molar-refractivity contribution >= 4 is 17.8 Å². The number of carboxylic acid groups (broad SMARTS) is 1. The topological polar surface area (TPSA) is 119 Å². The molecule has 0 spiro atoms. The Balaban J connectivity index is 4.45. The maximum Gasteiger partial charge on any atom is 0.326 e. The average Bonchev–Trinajstić information content (AvgIpc) is 3.18. The number of hydrogen-bond acceptors (Lipinski definition) is 5. The van der Waals surface area contributed by atoms with E-state index in [1.807, 2.05) is 12.2 Å². The predicted molar refractivity (Wildman–Crippen MR) is 239 cm³/mol. The molecule has 56 heavy (non-hydrogen) atoms. The molecule has 4 N–H and O–H groups in total. The zero-order chi connectivity index (χ0) is 41.0. The molecule has 0 aliphatic rings. The van der Waals surface area contributed by atoms with Gasteiger partial charge in [-0.25, -0.2) is 4.79 Å². The van der Waals surface area contributed by atoms with Gasteiger partial charge in [-0.05, 0) is 109 Å². The number of nitrogens with two attached hydrogens (primary N) is 1. The fraction of sp³-hybridized carbons (Fsp3) is 0.694. The van der Waals surface area contributed by atoms with Crippen molar-refractivity contribution in [3.8, 4) is 0 Å². The Morgan fingerprint density at radius 2 is 1.04 bits per heavy atom. The molecule has 0 heterocycles. The first-order valence-electron chi connectivity index (χ1n) is 22.8. The number of unbranched alkanes of at least 4 members (excludes halogenated alkanes) is 16. The van der Waals surface area contributed by atoms with Gasteiger partial charge < -0.3 is 20.9 Å². The van der Waals surface area contributed by atoms with Gasteiger partial charge in [-0.1, -0.05) is 158 Å². The molecule has 0 aliphatic carbocycles. The number of carboxylic acids is 1. The fourth-order valence-electron chi connectivity index (χ4n) is 6.33. The summed E-state index contributed by atoms with van der Waals surface area (Å²) in [7, 11) is 0.